The van der Waals surface area contributed by atoms with Gasteiger partial charge in [0.2, 0.25) is 0 Å². The third-order valence-electron chi connectivity index (χ3n) is 5.23. The fourth-order valence-electron chi connectivity index (χ4n) is 3.73. The van der Waals surface area contributed by atoms with Crippen LogP contribution >= 0.6 is 0 Å². The summed E-state index contributed by atoms with van der Waals surface area (Å²) in [6.45, 7) is 6.11. The van der Waals surface area contributed by atoms with Gasteiger partial charge in [-0.3, -0.25) is 9.48 Å². The van der Waals surface area contributed by atoms with Crippen LogP contribution in [0, 0.1) is 20.8 Å². The van der Waals surface area contributed by atoms with Gasteiger partial charge in [0.1, 0.15) is 11.2 Å². The summed E-state index contributed by atoms with van der Waals surface area (Å²) in [5.41, 5.74) is 6.61. The van der Waals surface area contributed by atoms with E-state index in [1.54, 1.807) is 30.4 Å². The van der Waals surface area contributed by atoms with Gasteiger partial charge in [0, 0.05) is 30.2 Å². The molecule has 158 valence electrons. The van der Waals surface area contributed by atoms with E-state index in [4.69, 9.17) is 4.98 Å². The highest BCUT2D eigenvalue weighted by Gasteiger charge is 2.19. The molecule has 4 aromatic rings. The fraction of sp³-hybridized carbons (Fsp3) is 0.261. The number of pyridine rings is 1. The summed E-state index contributed by atoms with van der Waals surface area (Å²) in [6.07, 6.45) is 3.31. The molecule has 4 rings (SSSR count). The number of amides is 1. The molecule has 0 saturated heterocycles. The Morgan fingerprint density at radius 1 is 1.10 bits per heavy atom. The van der Waals surface area contributed by atoms with E-state index in [2.05, 4.69) is 15.1 Å². The lowest BCUT2D eigenvalue weighted by Crippen LogP contribution is -2.29. The Kier molecular flexibility index (Phi) is 5.48. The van der Waals surface area contributed by atoms with Gasteiger partial charge in [-0.25, -0.2) is 15.0 Å². The summed E-state index contributed by atoms with van der Waals surface area (Å²) < 4.78 is 1.50. The van der Waals surface area contributed by atoms with Crippen LogP contribution in [-0.2, 0) is 6.54 Å². The van der Waals surface area contributed by atoms with Gasteiger partial charge in [-0.05, 0) is 62.2 Å². The number of benzene rings is 1. The zero-order valence-electron chi connectivity index (χ0n) is 18.0. The Morgan fingerprint density at radius 3 is 2.65 bits per heavy atom. The number of rotatable bonds is 5. The SMILES string of the molecule is Cc1cc(C)c2nc(-c3ccc(N(C)C(=O)c4ccnn4CCO)c(C)c3)ncc2n1. The molecule has 1 N–H and O–H groups in total. The first-order valence-corrected chi connectivity index (χ1v) is 10.0. The largest absolute Gasteiger partial charge is 0.394 e. The molecule has 0 aliphatic heterocycles. The summed E-state index contributed by atoms with van der Waals surface area (Å²) in [6, 6.07) is 9.44. The van der Waals surface area contributed by atoms with E-state index < -0.39 is 0 Å². The van der Waals surface area contributed by atoms with Crippen molar-refractivity contribution in [2.75, 3.05) is 18.6 Å². The Balaban J connectivity index is 1.66. The van der Waals surface area contributed by atoms with Crippen molar-refractivity contribution < 1.29 is 9.90 Å². The second-order valence-corrected chi connectivity index (χ2v) is 7.54. The molecule has 1 aromatic carbocycles. The first-order valence-electron chi connectivity index (χ1n) is 10.0. The third-order valence-corrected chi connectivity index (χ3v) is 5.23. The minimum atomic E-state index is -0.194. The van der Waals surface area contributed by atoms with E-state index >= 15 is 0 Å². The van der Waals surface area contributed by atoms with Gasteiger partial charge in [0.15, 0.2) is 5.82 Å². The van der Waals surface area contributed by atoms with Crippen LogP contribution in [0.3, 0.4) is 0 Å². The summed E-state index contributed by atoms with van der Waals surface area (Å²) in [4.78, 5) is 28.3. The summed E-state index contributed by atoms with van der Waals surface area (Å²) >= 11 is 0. The lowest BCUT2D eigenvalue weighted by molar-refractivity contribution is 0.0981. The van der Waals surface area contributed by atoms with Gasteiger partial charge >= 0.3 is 0 Å². The van der Waals surface area contributed by atoms with Crippen molar-refractivity contribution in [3.05, 3.63) is 65.2 Å². The molecule has 0 aliphatic rings. The number of aliphatic hydroxyl groups excluding tert-OH is 1. The molecule has 0 spiro atoms. The van der Waals surface area contributed by atoms with Crippen LogP contribution in [0.25, 0.3) is 22.4 Å². The van der Waals surface area contributed by atoms with Crippen molar-refractivity contribution in [3.8, 4) is 11.4 Å². The van der Waals surface area contributed by atoms with E-state index in [0.717, 1.165) is 39.1 Å². The number of fused-ring (bicyclic) bond motifs is 1. The maximum absolute atomic E-state index is 13.0. The maximum atomic E-state index is 13.0. The Bertz CT molecular complexity index is 1280. The molecule has 1 amide bonds. The molecule has 3 heterocycles. The van der Waals surface area contributed by atoms with E-state index in [1.165, 1.54) is 4.68 Å². The smallest absolute Gasteiger partial charge is 0.276 e. The molecule has 0 bridgehead atoms. The van der Waals surface area contributed by atoms with Crippen LogP contribution in [0.5, 0.6) is 0 Å². The summed E-state index contributed by atoms with van der Waals surface area (Å²) in [5, 5.41) is 13.3. The number of hydrogen-bond acceptors (Lipinski definition) is 6. The molecule has 0 fully saturated rings. The quantitative estimate of drug-likeness (QED) is 0.537. The average molecular weight is 416 g/mol. The monoisotopic (exact) mass is 416 g/mol. The topological polar surface area (TPSA) is 97.0 Å². The first kappa shape index (κ1) is 20.6. The van der Waals surface area contributed by atoms with Crippen LogP contribution in [0.15, 0.2) is 42.7 Å². The van der Waals surface area contributed by atoms with Crippen LogP contribution in [0.1, 0.15) is 27.3 Å². The summed E-state index contributed by atoms with van der Waals surface area (Å²) in [5.74, 6) is 0.423. The first-order chi connectivity index (χ1) is 14.9. The normalized spacial score (nSPS) is 11.1. The average Bonchev–Trinajstić information content (AvgIpc) is 3.21. The fourth-order valence-corrected chi connectivity index (χ4v) is 3.73. The predicted molar refractivity (Wildman–Crippen MR) is 119 cm³/mol. The zero-order chi connectivity index (χ0) is 22.1. The minimum absolute atomic E-state index is 0.0836. The van der Waals surface area contributed by atoms with Crippen molar-refractivity contribution >= 4 is 22.6 Å². The highest BCUT2D eigenvalue weighted by Crippen LogP contribution is 2.27. The number of carbonyl (C=O) groups excluding carboxylic acids is 1. The van der Waals surface area contributed by atoms with Crippen LogP contribution in [-0.4, -0.2) is 49.4 Å². The molecule has 3 aromatic heterocycles. The van der Waals surface area contributed by atoms with Crippen LogP contribution in [0.4, 0.5) is 5.69 Å². The number of nitrogens with zero attached hydrogens (tertiary/aromatic N) is 6. The predicted octanol–water partition coefficient (Wildman–Crippen LogP) is 3.08. The van der Waals surface area contributed by atoms with Gasteiger partial charge in [0.25, 0.3) is 5.91 Å². The van der Waals surface area contributed by atoms with Crippen molar-refractivity contribution in [2.24, 2.45) is 0 Å². The second kappa shape index (κ2) is 8.23. The van der Waals surface area contributed by atoms with Crippen LogP contribution in [0.2, 0.25) is 0 Å². The van der Waals surface area contributed by atoms with Crippen LogP contribution < -0.4 is 4.90 Å². The molecule has 8 nitrogen and oxygen atoms in total. The molecule has 0 unspecified atom stereocenters. The van der Waals surface area contributed by atoms with Crippen molar-refractivity contribution in [3.63, 3.8) is 0 Å². The minimum Gasteiger partial charge on any atom is -0.394 e. The van der Waals surface area contributed by atoms with Gasteiger partial charge in [-0.1, -0.05) is 0 Å². The number of aryl methyl sites for hydroxylation is 3. The lowest BCUT2D eigenvalue weighted by Gasteiger charge is -2.20. The van der Waals surface area contributed by atoms with Crippen molar-refractivity contribution in [1.29, 1.82) is 0 Å². The zero-order valence-corrected chi connectivity index (χ0v) is 18.0. The number of anilines is 1. The Morgan fingerprint density at radius 2 is 1.90 bits per heavy atom. The maximum Gasteiger partial charge on any atom is 0.276 e. The Hall–Kier alpha value is -3.65. The van der Waals surface area contributed by atoms with Gasteiger partial charge in [0.05, 0.1) is 24.9 Å². The van der Waals surface area contributed by atoms with E-state index in [1.807, 2.05) is 45.0 Å². The highest BCUT2D eigenvalue weighted by molar-refractivity contribution is 6.05. The highest BCUT2D eigenvalue weighted by atomic mass is 16.3. The number of carbonyl (C=O) groups is 1. The van der Waals surface area contributed by atoms with E-state index in [9.17, 15) is 9.90 Å². The number of hydrogen-bond donors (Lipinski definition) is 1. The third kappa shape index (κ3) is 3.89. The Labute approximate surface area is 180 Å². The van der Waals surface area contributed by atoms with E-state index in [-0.39, 0.29) is 19.1 Å². The van der Waals surface area contributed by atoms with Crippen molar-refractivity contribution in [2.45, 2.75) is 27.3 Å². The molecule has 0 aliphatic carbocycles. The molecule has 8 heteroatoms. The van der Waals surface area contributed by atoms with Gasteiger partial charge < -0.3 is 10.0 Å². The number of aliphatic hydroxyl groups is 1. The van der Waals surface area contributed by atoms with Gasteiger partial charge in [-0.2, -0.15) is 5.10 Å². The molecular weight excluding hydrogens is 392 g/mol. The molecule has 0 atom stereocenters. The lowest BCUT2D eigenvalue weighted by atomic mass is 10.1. The van der Waals surface area contributed by atoms with Crippen molar-refractivity contribution in [1.82, 2.24) is 24.7 Å². The standard InChI is InChI=1S/C23H24N6O2/c1-14-12-17(22-24-13-18-21(27-22)15(2)11-16(3)26-18)5-6-19(14)28(4)23(31)20-7-8-25-29(20)9-10-30/h5-8,11-13,30H,9-10H2,1-4H3. The van der Waals surface area contributed by atoms with Gasteiger partial charge in [-0.15, -0.1) is 0 Å². The summed E-state index contributed by atoms with van der Waals surface area (Å²) in [7, 11) is 1.73. The molecular formula is C23H24N6O2. The second-order valence-electron chi connectivity index (χ2n) is 7.54. The molecule has 0 saturated carbocycles. The van der Waals surface area contributed by atoms with E-state index in [0.29, 0.717) is 11.5 Å². The molecule has 0 radical (unpaired) electrons. The molecule has 31 heavy (non-hydrogen) atoms. The number of aromatic nitrogens is 5.